The molecular weight excluding hydrogens is 376 g/mol. The molecule has 1 aliphatic heterocycles. The van der Waals surface area contributed by atoms with E-state index in [0.29, 0.717) is 24.4 Å². The third-order valence-corrected chi connectivity index (χ3v) is 5.22. The lowest BCUT2D eigenvalue weighted by atomic mass is 9.98. The highest BCUT2D eigenvalue weighted by atomic mass is 16.6. The van der Waals surface area contributed by atoms with Gasteiger partial charge in [0.25, 0.3) is 0 Å². The molecule has 4 rings (SSSR count). The molecule has 3 aromatic rings. The summed E-state index contributed by atoms with van der Waals surface area (Å²) in [7, 11) is 0. The summed E-state index contributed by atoms with van der Waals surface area (Å²) in [4.78, 5) is 20.9. The van der Waals surface area contributed by atoms with Gasteiger partial charge in [0.1, 0.15) is 5.75 Å². The number of rotatable bonds is 4. The second-order valence-electron chi connectivity index (χ2n) is 7.13. The first-order valence-corrected chi connectivity index (χ1v) is 9.90. The molecule has 0 bridgehead atoms. The van der Waals surface area contributed by atoms with Crippen molar-refractivity contribution in [1.82, 2.24) is 14.8 Å². The zero-order chi connectivity index (χ0) is 20.8. The number of nitrogens with zero attached hydrogens (tertiary/aromatic N) is 4. The molecule has 6 nitrogen and oxygen atoms in total. The molecule has 2 aromatic carbocycles. The quantitative estimate of drug-likeness (QED) is 0.667. The van der Waals surface area contributed by atoms with Crippen LogP contribution in [0, 0.1) is 11.3 Å². The van der Waals surface area contributed by atoms with Crippen LogP contribution in [0.15, 0.2) is 79.1 Å². The third-order valence-electron chi connectivity index (χ3n) is 5.22. The van der Waals surface area contributed by atoms with Crippen LogP contribution in [-0.4, -0.2) is 47.1 Å². The fourth-order valence-electron chi connectivity index (χ4n) is 3.74. The highest BCUT2D eigenvalue weighted by molar-refractivity contribution is 5.71. The van der Waals surface area contributed by atoms with Crippen molar-refractivity contribution < 1.29 is 9.53 Å². The molecular formula is C24H22N4O2. The number of aromatic nitrogens is 1. The lowest BCUT2D eigenvalue weighted by molar-refractivity contribution is 0.0974. The van der Waals surface area contributed by atoms with Crippen LogP contribution < -0.4 is 4.74 Å². The van der Waals surface area contributed by atoms with Crippen molar-refractivity contribution >= 4 is 6.09 Å². The monoisotopic (exact) mass is 398 g/mol. The van der Waals surface area contributed by atoms with Crippen LogP contribution in [0.2, 0.25) is 0 Å². The van der Waals surface area contributed by atoms with Gasteiger partial charge < -0.3 is 9.64 Å². The van der Waals surface area contributed by atoms with E-state index in [-0.39, 0.29) is 12.1 Å². The lowest BCUT2D eigenvalue weighted by Crippen LogP contribution is -2.50. The van der Waals surface area contributed by atoms with Gasteiger partial charge in [-0.1, -0.05) is 42.5 Å². The van der Waals surface area contributed by atoms with Gasteiger partial charge in [0, 0.05) is 38.6 Å². The average molecular weight is 398 g/mol. The van der Waals surface area contributed by atoms with Crippen molar-refractivity contribution in [1.29, 1.82) is 5.26 Å². The zero-order valence-corrected chi connectivity index (χ0v) is 16.5. The topological polar surface area (TPSA) is 69.5 Å². The van der Waals surface area contributed by atoms with E-state index in [1.54, 1.807) is 35.4 Å². The minimum atomic E-state index is -0.387. The molecule has 1 amide bonds. The van der Waals surface area contributed by atoms with Gasteiger partial charge in [0.05, 0.1) is 17.7 Å². The standard InChI is InChI=1S/C24H22N4O2/c25-17-19-6-4-10-22(16-19)30-24(29)28-14-12-27(13-15-28)23(20-7-2-1-3-8-20)21-9-5-11-26-18-21/h1-11,16,18,23H,12-15H2. The number of ether oxygens (including phenoxy) is 1. The lowest BCUT2D eigenvalue weighted by Gasteiger charge is -2.39. The minimum absolute atomic E-state index is 0.0883. The van der Waals surface area contributed by atoms with Crippen LogP contribution in [0.3, 0.4) is 0 Å². The molecule has 1 aromatic heterocycles. The summed E-state index contributed by atoms with van der Waals surface area (Å²) >= 11 is 0. The van der Waals surface area contributed by atoms with Crippen molar-refractivity contribution in [2.45, 2.75) is 6.04 Å². The van der Waals surface area contributed by atoms with Gasteiger partial charge in [-0.05, 0) is 35.4 Å². The second-order valence-corrected chi connectivity index (χ2v) is 7.13. The van der Waals surface area contributed by atoms with Crippen molar-refractivity contribution in [2.75, 3.05) is 26.2 Å². The van der Waals surface area contributed by atoms with Gasteiger partial charge in [-0.2, -0.15) is 5.26 Å². The number of amides is 1. The summed E-state index contributed by atoms with van der Waals surface area (Å²) in [6.45, 7) is 2.59. The number of benzene rings is 2. The second kappa shape index (κ2) is 9.21. The molecule has 0 radical (unpaired) electrons. The Balaban J connectivity index is 1.44. The van der Waals surface area contributed by atoms with Crippen LogP contribution in [-0.2, 0) is 0 Å². The summed E-state index contributed by atoms with van der Waals surface area (Å²) in [6, 6.07) is 23.2. The summed E-state index contributed by atoms with van der Waals surface area (Å²) in [6.07, 6.45) is 3.30. The highest BCUT2D eigenvalue weighted by Gasteiger charge is 2.29. The number of hydrogen-bond donors (Lipinski definition) is 0. The Morgan fingerprint density at radius 3 is 2.43 bits per heavy atom. The number of carbonyl (C=O) groups excluding carboxylic acids is 1. The first-order chi connectivity index (χ1) is 14.7. The van der Waals surface area contributed by atoms with Gasteiger partial charge in [-0.25, -0.2) is 4.79 Å². The van der Waals surface area contributed by atoms with Crippen LogP contribution in [0.4, 0.5) is 4.79 Å². The van der Waals surface area contributed by atoms with Gasteiger partial charge >= 0.3 is 6.09 Å². The minimum Gasteiger partial charge on any atom is -0.410 e. The Morgan fingerprint density at radius 1 is 0.967 bits per heavy atom. The van der Waals surface area contributed by atoms with E-state index in [0.717, 1.165) is 18.7 Å². The maximum absolute atomic E-state index is 12.6. The zero-order valence-electron chi connectivity index (χ0n) is 16.5. The summed E-state index contributed by atoms with van der Waals surface area (Å²) < 4.78 is 5.47. The predicted octanol–water partition coefficient (Wildman–Crippen LogP) is 3.86. The average Bonchev–Trinajstić information content (AvgIpc) is 2.81. The van der Waals surface area contributed by atoms with Crippen LogP contribution in [0.25, 0.3) is 0 Å². The molecule has 6 heteroatoms. The van der Waals surface area contributed by atoms with Crippen LogP contribution in [0.1, 0.15) is 22.7 Å². The molecule has 2 heterocycles. The highest BCUT2D eigenvalue weighted by Crippen LogP contribution is 2.29. The Labute approximate surface area is 176 Å². The van der Waals surface area contributed by atoms with Crippen molar-refractivity contribution in [3.05, 3.63) is 95.8 Å². The van der Waals surface area contributed by atoms with Crippen LogP contribution >= 0.6 is 0 Å². The number of carbonyl (C=O) groups is 1. The van der Waals surface area contributed by atoms with Gasteiger partial charge in [0.15, 0.2) is 0 Å². The van der Waals surface area contributed by atoms with Crippen molar-refractivity contribution in [3.8, 4) is 11.8 Å². The van der Waals surface area contributed by atoms with Gasteiger partial charge in [0.2, 0.25) is 0 Å². The normalized spacial score (nSPS) is 15.2. The molecule has 0 N–H and O–H groups in total. The van der Waals surface area contributed by atoms with E-state index in [2.05, 4.69) is 34.2 Å². The maximum atomic E-state index is 12.6. The van der Waals surface area contributed by atoms with E-state index in [9.17, 15) is 4.79 Å². The summed E-state index contributed by atoms with van der Waals surface area (Å²) in [5.74, 6) is 0.388. The van der Waals surface area contributed by atoms with Gasteiger partial charge in [-0.3, -0.25) is 9.88 Å². The first-order valence-electron chi connectivity index (χ1n) is 9.90. The molecule has 1 atom stereocenters. The Morgan fingerprint density at radius 2 is 1.73 bits per heavy atom. The first kappa shape index (κ1) is 19.6. The van der Waals surface area contributed by atoms with Gasteiger partial charge in [-0.15, -0.1) is 0 Å². The molecule has 0 spiro atoms. The van der Waals surface area contributed by atoms with E-state index in [1.165, 1.54) is 5.56 Å². The SMILES string of the molecule is N#Cc1cccc(OC(=O)N2CCN(C(c3ccccc3)c3cccnc3)CC2)c1. The molecule has 1 saturated heterocycles. The molecule has 0 saturated carbocycles. The smallest absolute Gasteiger partial charge is 0.410 e. The number of hydrogen-bond acceptors (Lipinski definition) is 5. The van der Waals surface area contributed by atoms with E-state index in [1.807, 2.05) is 30.5 Å². The molecule has 0 aliphatic carbocycles. The third kappa shape index (κ3) is 4.48. The molecule has 1 unspecified atom stereocenters. The summed E-state index contributed by atoms with van der Waals surface area (Å²) in [5.41, 5.74) is 2.80. The Bertz CT molecular complexity index is 986. The largest absolute Gasteiger partial charge is 0.415 e. The fourth-order valence-corrected chi connectivity index (χ4v) is 3.74. The number of nitriles is 1. The molecule has 1 aliphatic rings. The van der Waals surface area contributed by atoms with E-state index >= 15 is 0 Å². The fraction of sp³-hybridized carbons (Fsp3) is 0.208. The Kier molecular flexibility index (Phi) is 6.02. The van der Waals surface area contributed by atoms with Crippen molar-refractivity contribution in [2.24, 2.45) is 0 Å². The predicted molar refractivity (Wildman–Crippen MR) is 113 cm³/mol. The number of piperazine rings is 1. The maximum Gasteiger partial charge on any atom is 0.415 e. The summed E-state index contributed by atoms with van der Waals surface area (Å²) in [5, 5.41) is 9.00. The molecule has 1 fully saturated rings. The van der Waals surface area contributed by atoms with E-state index in [4.69, 9.17) is 10.00 Å². The Hall–Kier alpha value is -3.69. The number of pyridine rings is 1. The molecule has 30 heavy (non-hydrogen) atoms. The van der Waals surface area contributed by atoms with E-state index < -0.39 is 0 Å². The molecule has 150 valence electrons. The van der Waals surface area contributed by atoms with Crippen molar-refractivity contribution in [3.63, 3.8) is 0 Å². The van der Waals surface area contributed by atoms with Crippen LogP contribution in [0.5, 0.6) is 5.75 Å².